The monoisotopic (exact) mass is 256 g/mol. The molecule has 2 rings (SSSR count). The molecule has 5 nitrogen and oxygen atoms in total. The van der Waals surface area contributed by atoms with E-state index in [0.29, 0.717) is 0 Å². The van der Waals surface area contributed by atoms with Crippen LogP contribution in [0.1, 0.15) is 11.1 Å². The van der Waals surface area contributed by atoms with E-state index in [4.69, 9.17) is 0 Å². The Morgan fingerprint density at radius 1 is 1.33 bits per heavy atom. The minimum Gasteiger partial charge on any atom is -0.266 e. The predicted molar refractivity (Wildman–Crippen MR) is 56.0 cm³/mol. The van der Waals surface area contributed by atoms with Crippen molar-refractivity contribution in [1.29, 1.82) is 0 Å². The van der Waals surface area contributed by atoms with Crippen LogP contribution in [0.4, 0.5) is 18.9 Å². The second-order valence-electron chi connectivity index (χ2n) is 3.52. The Hall–Kier alpha value is -2.25. The molecule has 0 unspecified atom stereocenters. The van der Waals surface area contributed by atoms with Gasteiger partial charge in [0.1, 0.15) is 5.69 Å². The first-order chi connectivity index (χ1) is 8.50. The standard InChI is InChI=1S/C10H7F3N4O/c11-10(12,13)9-1-2-14-3-7(9)5-17-6-8(16-18)4-15-17/h1-4,6H,5H2. The molecule has 0 atom stereocenters. The van der Waals surface area contributed by atoms with Gasteiger partial charge >= 0.3 is 6.18 Å². The Kier molecular flexibility index (Phi) is 3.09. The van der Waals surface area contributed by atoms with E-state index in [1.54, 1.807) is 0 Å². The number of halogens is 3. The van der Waals surface area contributed by atoms with Crippen molar-refractivity contribution < 1.29 is 13.2 Å². The largest absolute Gasteiger partial charge is 0.416 e. The highest BCUT2D eigenvalue weighted by Crippen LogP contribution is 2.31. The molecule has 2 aromatic rings. The fourth-order valence-corrected chi connectivity index (χ4v) is 1.49. The quantitative estimate of drug-likeness (QED) is 0.793. The van der Waals surface area contributed by atoms with Crippen LogP contribution in [0, 0.1) is 4.91 Å². The summed E-state index contributed by atoms with van der Waals surface area (Å²) in [5, 5.41) is 6.37. The van der Waals surface area contributed by atoms with Crippen molar-refractivity contribution in [2.24, 2.45) is 5.18 Å². The second kappa shape index (κ2) is 4.55. The second-order valence-corrected chi connectivity index (χ2v) is 3.52. The van der Waals surface area contributed by atoms with Crippen LogP contribution in [0.25, 0.3) is 0 Å². The van der Waals surface area contributed by atoms with E-state index < -0.39 is 11.7 Å². The van der Waals surface area contributed by atoms with Gasteiger partial charge in [-0.3, -0.25) is 9.67 Å². The Bertz CT molecular complexity index is 564. The van der Waals surface area contributed by atoms with Crippen molar-refractivity contribution in [3.05, 3.63) is 46.9 Å². The number of aromatic nitrogens is 3. The molecule has 94 valence electrons. The lowest BCUT2D eigenvalue weighted by molar-refractivity contribution is -0.138. The van der Waals surface area contributed by atoms with E-state index in [1.807, 2.05) is 0 Å². The first-order valence-electron chi connectivity index (χ1n) is 4.86. The molecule has 0 aromatic carbocycles. The zero-order chi connectivity index (χ0) is 13.2. The van der Waals surface area contributed by atoms with Gasteiger partial charge in [0.2, 0.25) is 0 Å². The van der Waals surface area contributed by atoms with Crippen LogP contribution in [-0.2, 0) is 12.7 Å². The summed E-state index contributed by atoms with van der Waals surface area (Å²) in [5.41, 5.74) is -0.730. The molecule has 0 aliphatic rings. The zero-order valence-electron chi connectivity index (χ0n) is 8.92. The van der Waals surface area contributed by atoms with Gasteiger partial charge in [-0.05, 0) is 11.2 Å². The lowest BCUT2D eigenvalue weighted by atomic mass is 10.1. The molecule has 0 bridgehead atoms. The molecule has 0 aliphatic carbocycles. The summed E-state index contributed by atoms with van der Waals surface area (Å²) in [6, 6.07) is 0.901. The summed E-state index contributed by atoms with van der Waals surface area (Å²) in [7, 11) is 0. The average Bonchev–Trinajstić information content (AvgIpc) is 2.76. The fraction of sp³-hybridized carbons (Fsp3) is 0.200. The van der Waals surface area contributed by atoms with Gasteiger partial charge < -0.3 is 0 Å². The van der Waals surface area contributed by atoms with Crippen LogP contribution < -0.4 is 0 Å². The van der Waals surface area contributed by atoms with Crippen LogP contribution in [0.2, 0.25) is 0 Å². The molecular weight excluding hydrogens is 249 g/mol. The molecule has 2 aromatic heterocycles. The maximum atomic E-state index is 12.7. The van der Waals surface area contributed by atoms with Gasteiger partial charge in [0.15, 0.2) is 0 Å². The highest BCUT2D eigenvalue weighted by Gasteiger charge is 2.33. The minimum absolute atomic E-state index is 0.0226. The van der Waals surface area contributed by atoms with Gasteiger partial charge in [-0.2, -0.15) is 18.3 Å². The van der Waals surface area contributed by atoms with Gasteiger partial charge in [0, 0.05) is 18.0 Å². The summed E-state index contributed by atoms with van der Waals surface area (Å²) in [4.78, 5) is 13.9. The molecule has 8 heteroatoms. The fourth-order valence-electron chi connectivity index (χ4n) is 1.49. The van der Waals surface area contributed by atoms with Crippen LogP contribution in [0.15, 0.2) is 36.0 Å². The number of hydrogen-bond acceptors (Lipinski definition) is 4. The zero-order valence-corrected chi connectivity index (χ0v) is 8.92. The molecule has 0 spiro atoms. The van der Waals surface area contributed by atoms with Gasteiger partial charge in [0.05, 0.1) is 24.5 Å². The lowest BCUT2D eigenvalue weighted by Crippen LogP contribution is -2.12. The Labute approximate surface area is 99.2 Å². The number of rotatable bonds is 3. The number of nitrogens with zero attached hydrogens (tertiary/aromatic N) is 4. The topological polar surface area (TPSA) is 60.1 Å². The molecule has 2 heterocycles. The van der Waals surface area contributed by atoms with Gasteiger partial charge in [-0.1, -0.05) is 0 Å². The van der Waals surface area contributed by atoms with Crippen molar-refractivity contribution in [2.45, 2.75) is 12.7 Å². The number of nitroso groups, excluding NO2 is 1. The third kappa shape index (κ3) is 2.53. The van der Waals surface area contributed by atoms with Crippen LogP contribution in [0.5, 0.6) is 0 Å². The number of hydrogen-bond donors (Lipinski definition) is 0. The van der Waals surface area contributed by atoms with Crippen molar-refractivity contribution in [3.8, 4) is 0 Å². The van der Waals surface area contributed by atoms with Crippen molar-refractivity contribution in [3.63, 3.8) is 0 Å². The van der Waals surface area contributed by atoms with Crippen molar-refractivity contribution >= 4 is 5.69 Å². The van der Waals surface area contributed by atoms with Crippen molar-refractivity contribution in [2.75, 3.05) is 0 Å². The summed E-state index contributed by atoms with van der Waals surface area (Å²) in [6.07, 6.45) is 0.195. The summed E-state index contributed by atoms with van der Waals surface area (Å²) in [5.74, 6) is 0. The van der Waals surface area contributed by atoms with Crippen LogP contribution >= 0.6 is 0 Å². The number of alkyl halides is 3. The molecule has 0 saturated carbocycles. The molecule has 0 N–H and O–H groups in total. The first kappa shape index (κ1) is 12.2. The van der Waals surface area contributed by atoms with Gasteiger partial charge in [0.25, 0.3) is 0 Å². The van der Waals surface area contributed by atoms with Crippen LogP contribution in [0.3, 0.4) is 0 Å². The Morgan fingerprint density at radius 3 is 2.72 bits per heavy atom. The molecular formula is C10H7F3N4O. The molecule has 18 heavy (non-hydrogen) atoms. The maximum absolute atomic E-state index is 12.7. The van der Waals surface area contributed by atoms with Gasteiger partial charge in [-0.25, -0.2) is 0 Å². The maximum Gasteiger partial charge on any atom is 0.416 e. The highest BCUT2D eigenvalue weighted by atomic mass is 19.4. The lowest BCUT2D eigenvalue weighted by Gasteiger charge is -2.11. The predicted octanol–water partition coefficient (Wildman–Crippen LogP) is 2.74. The minimum atomic E-state index is -4.45. The van der Waals surface area contributed by atoms with E-state index in [-0.39, 0.29) is 17.8 Å². The van der Waals surface area contributed by atoms with E-state index in [1.165, 1.54) is 17.1 Å². The van der Waals surface area contributed by atoms with Gasteiger partial charge in [-0.15, -0.1) is 4.91 Å². The molecule has 0 saturated heterocycles. The normalized spacial score (nSPS) is 11.5. The molecule has 0 aliphatic heterocycles. The van der Waals surface area contributed by atoms with Crippen LogP contribution in [-0.4, -0.2) is 14.8 Å². The van der Waals surface area contributed by atoms with E-state index >= 15 is 0 Å². The summed E-state index contributed by atoms with van der Waals surface area (Å²) >= 11 is 0. The third-order valence-electron chi connectivity index (χ3n) is 2.27. The molecule has 0 radical (unpaired) electrons. The Balaban J connectivity index is 2.31. The summed E-state index contributed by atoms with van der Waals surface area (Å²) in [6.45, 7) is -0.127. The van der Waals surface area contributed by atoms with E-state index in [9.17, 15) is 18.1 Å². The van der Waals surface area contributed by atoms with E-state index in [0.717, 1.165) is 18.5 Å². The third-order valence-corrected chi connectivity index (χ3v) is 2.27. The molecule has 0 fully saturated rings. The SMILES string of the molecule is O=Nc1cnn(Cc2cnccc2C(F)(F)F)c1. The Morgan fingerprint density at radius 2 is 2.11 bits per heavy atom. The highest BCUT2D eigenvalue weighted by molar-refractivity contribution is 5.31. The first-order valence-corrected chi connectivity index (χ1v) is 4.86. The smallest absolute Gasteiger partial charge is 0.266 e. The van der Waals surface area contributed by atoms with E-state index in [2.05, 4.69) is 15.3 Å². The van der Waals surface area contributed by atoms with Crippen molar-refractivity contribution in [1.82, 2.24) is 14.8 Å². The molecule has 0 amide bonds. The number of pyridine rings is 1. The average molecular weight is 256 g/mol. The summed E-state index contributed by atoms with van der Waals surface area (Å²) < 4.78 is 39.3.